The molecule has 27 heavy (non-hydrogen) atoms. The average molecular weight is 379 g/mol. The largest absolute Gasteiger partial charge is 0.481 e. The van der Waals surface area contributed by atoms with Gasteiger partial charge in [0.15, 0.2) is 4.96 Å². The van der Waals surface area contributed by atoms with Crippen LogP contribution < -0.4 is 5.32 Å². The van der Waals surface area contributed by atoms with Gasteiger partial charge in [0.1, 0.15) is 11.5 Å². The molecular formula is C20H17N3O3S. The van der Waals surface area contributed by atoms with Gasteiger partial charge in [-0.25, -0.2) is 4.98 Å². The number of hydrogen-bond donors (Lipinski definition) is 2. The van der Waals surface area contributed by atoms with Crippen molar-refractivity contribution in [2.45, 2.75) is 6.42 Å². The number of carbonyl (C=O) groups is 2. The molecule has 6 nitrogen and oxygen atoms in total. The number of hydrogen-bond acceptors (Lipinski definition) is 4. The first-order chi connectivity index (χ1) is 13.1. The van der Waals surface area contributed by atoms with E-state index >= 15 is 0 Å². The Labute approximate surface area is 159 Å². The molecule has 0 unspecified atom stereocenters. The lowest BCUT2D eigenvalue weighted by atomic mass is 9.82. The summed E-state index contributed by atoms with van der Waals surface area (Å²) in [6, 6.07) is 9.68. The normalized spacial score (nSPS) is 25.9. The molecule has 2 aliphatic carbocycles. The van der Waals surface area contributed by atoms with Gasteiger partial charge in [0, 0.05) is 17.1 Å². The fraction of sp³-hybridized carbons (Fsp3) is 0.250. The minimum atomic E-state index is -0.899. The summed E-state index contributed by atoms with van der Waals surface area (Å²) >= 11 is 1.49. The first-order valence-electron chi connectivity index (χ1n) is 8.86. The number of carboxylic acids is 1. The van der Waals surface area contributed by atoms with Crippen LogP contribution in [0.3, 0.4) is 0 Å². The molecule has 0 spiro atoms. The Bertz CT molecular complexity index is 1070. The summed E-state index contributed by atoms with van der Waals surface area (Å²) in [5.74, 6) is -1.82. The number of carboxylic acid groups (broad SMARTS) is 1. The highest BCUT2D eigenvalue weighted by molar-refractivity contribution is 7.15. The molecule has 136 valence electrons. The van der Waals surface area contributed by atoms with Gasteiger partial charge >= 0.3 is 5.97 Å². The van der Waals surface area contributed by atoms with E-state index in [2.05, 4.69) is 10.3 Å². The molecule has 1 fully saturated rings. The van der Waals surface area contributed by atoms with Crippen molar-refractivity contribution < 1.29 is 14.7 Å². The lowest BCUT2D eigenvalue weighted by molar-refractivity contribution is -0.146. The second kappa shape index (κ2) is 6.06. The number of benzene rings is 1. The lowest BCUT2D eigenvalue weighted by Gasteiger charge is -2.23. The Kier molecular flexibility index (Phi) is 3.65. The number of rotatable bonds is 4. The van der Waals surface area contributed by atoms with E-state index in [1.54, 1.807) is 0 Å². The second-order valence-corrected chi connectivity index (χ2v) is 7.93. The van der Waals surface area contributed by atoms with Crippen LogP contribution in [0.15, 0.2) is 54.1 Å². The number of aromatic nitrogens is 2. The zero-order valence-electron chi connectivity index (χ0n) is 14.3. The van der Waals surface area contributed by atoms with Crippen LogP contribution in [0.2, 0.25) is 0 Å². The molecule has 2 N–H and O–H groups in total. The molecule has 1 saturated carbocycles. The van der Waals surface area contributed by atoms with Crippen LogP contribution in [0, 0.1) is 23.7 Å². The van der Waals surface area contributed by atoms with E-state index in [-0.39, 0.29) is 17.7 Å². The van der Waals surface area contributed by atoms with Crippen LogP contribution >= 0.6 is 11.3 Å². The van der Waals surface area contributed by atoms with E-state index in [4.69, 9.17) is 0 Å². The summed E-state index contributed by atoms with van der Waals surface area (Å²) in [5.41, 5.74) is 1.60. The van der Waals surface area contributed by atoms with Crippen molar-refractivity contribution in [3.8, 4) is 11.3 Å². The summed E-state index contributed by atoms with van der Waals surface area (Å²) in [4.78, 5) is 30.3. The maximum Gasteiger partial charge on any atom is 0.307 e. The molecule has 1 aromatic carbocycles. The first kappa shape index (κ1) is 16.3. The Morgan fingerprint density at radius 3 is 2.63 bits per heavy atom. The summed E-state index contributed by atoms with van der Waals surface area (Å²) in [6.45, 7) is 0. The summed E-state index contributed by atoms with van der Waals surface area (Å²) in [6.07, 6.45) is 6.53. The quantitative estimate of drug-likeness (QED) is 0.680. The Hall–Kier alpha value is -2.93. The third-order valence-electron chi connectivity index (χ3n) is 5.60. The van der Waals surface area contributed by atoms with Gasteiger partial charge in [-0.2, -0.15) is 0 Å². The summed E-state index contributed by atoms with van der Waals surface area (Å²) in [5, 5.41) is 14.5. The van der Waals surface area contributed by atoms with Gasteiger partial charge in [-0.15, -0.1) is 11.3 Å². The van der Waals surface area contributed by atoms with Crippen molar-refractivity contribution in [1.82, 2.24) is 9.38 Å². The minimum Gasteiger partial charge on any atom is -0.481 e. The molecule has 0 radical (unpaired) electrons. The van der Waals surface area contributed by atoms with Gasteiger partial charge in [-0.3, -0.25) is 14.0 Å². The van der Waals surface area contributed by atoms with Crippen molar-refractivity contribution in [2.24, 2.45) is 23.7 Å². The highest BCUT2D eigenvalue weighted by Gasteiger charge is 2.51. The van der Waals surface area contributed by atoms with Gasteiger partial charge in [0.2, 0.25) is 5.91 Å². The van der Waals surface area contributed by atoms with Crippen molar-refractivity contribution in [3.63, 3.8) is 0 Å². The molecule has 3 aromatic rings. The maximum absolute atomic E-state index is 13.1. The molecule has 2 aromatic heterocycles. The number of allylic oxidation sites excluding steroid dienone is 2. The Morgan fingerprint density at radius 2 is 1.89 bits per heavy atom. The van der Waals surface area contributed by atoms with E-state index in [9.17, 15) is 14.7 Å². The highest BCUT2D eigenvalue weighted by atomic mass is 32.1. The van der Waals surface area contributed by atoms with Gasteiger partial charge in [-0.1, -0.05) is 42.5 Å². The average Bonchev–Trinajstić information content (AvgIpc) is 3.43. The van der Waals surface area contributed by atoms with Crippen LogP contribution in [-0.2, 0) is 9.59 Å². The zero-order chi connectivity index (χ0) is 18.5. The van der Waals surface area contributed by atoms with Crippen LogP contribution in [-0.4, -0.2) is 26.4 Å². The van der Waals surface area contributed by atoms with E-state index in [0.29, 0.717) is 11.5 Å². The monoisotopic (exact) mass is 379 g/mol. The van der Waals surface area contributed by atoms with Crippen LogP contribution in [0.1, 0.15) is 6.42 Å². The second-order valence-electron chi connectivity index (χ2n) is 7.06. The molecule has 4 atom stereocenters. The number of anilines is 1. The van der Waals surface area contributed by atoms with E-state index in [1.165, 1.54) is 11.3 Å². The summed E-state index contributed by atoms with van der Waals surface area (Å²) in [7, 11) is 0. The van der Waals surface area contributed by atoms with Gasteiger partial charge < -0.3 is 10.4 Å². The van der Waals surface area contributed by atoms with Crippen LogP contribution in [0.25, 0.3) is 16.2 Å². The van der Waals surface area contributed by atoms with Gasteiger partial charge in [-0.05, 0) is 18.3 Å². The third-order valence-corrected chi connectivity index (χ3v) is 6.35. The summed E-state index contributed by atoms with van der Waals surface area (Å²) < 4.78 is 1.85. The number of fused-ring (bicyclic) bond motifs is 3. The predicted molar refractivity (Wildman–Crippen MR) is 102 cm³/mol. The molecule has 1 amide bonds. The molecule has 2 heterocycles. The lowest BCUT2D eigenvalue weighted by Crippen LogP contribution is -2.36. The number of nitrogens with one attached hydrogen (secondary N) is 1. The maximum atomic E-state index is 13.1. The van der Waals surface area contributed by atoms with Gasteiger partial charge in [0.25, 0.3) is 0 Å². The number of amides is 1. The fourth-order valence-electron chi connectivity index (χ4n) is 4.42. The van der Waals surface area contributed by atoms with Crippen molar-refractivity contribution in [2.75, 3.05) is 5.32 Å². The van der Waals surface area contributed by atoms with Crippen molar-refractivity contribution >= 4 is 34.0 Å². The van der Waals surface area contributed by atoms with E-state index in [1.807, 2.05) is 58.5 Å². The number of aliphatic carboxylic acids is 1. The highest BCUT2D eigenvalue weighted by Crippen LogP contribution is 2.48. The van der Waals surface area contributed by atoms with E-state index in [0.717, 1.165) is 16.9 Å². The number of nitrogens with zero attached hydrogens (tertiary/aromatic N) is 2. The number of imidazole rings is 1. The first-order valence-corrected chi connectivity index (χ1v) is 9.74. The number of carbonyl (C=O) groups excluding carboxylic acids is 1. The smallest absolute Gasteiger partial charge is 0.307 e. The molecule has 2 aliphatic rings. The molecule has 5 rings (SSSR count). The molecular weight excluding hydrogens is 362 g/mol. The molecule has 2 bridgehead atoms. The SMILES string of the molecule is O=C(Nc1c(-c2ccccc2)nc2sccn12)[C@@H]1[C@H](C(=O)O)[C@H]2C=C[C@H]1C2. The van der Waals surface area contributed by atoms with Gasteiger partial charge in [0.05, 0.1) is 11.8 Å². The van der Waals surface area contributed by atoms with Crippen LogP contribution in [0.4, 0.5) is 5.82 Å². The topological polar surface area (TPSA) is 83.7 Å². The third kappa shape index (κ3) is 2.49. The van der Waals surface area contributed by atoms with Crippen LogP contribution in [0.5, 0.6) is 0 Å². The Balaban J connectivity index is 1.53. The minimum absolute atomic E-state index is 0.0119. The molecule has 0 saturated heterocycles. The molecule has 7 heteroatoms. The number of thiazole rings is 1. The fourth-order valence-corrected chi connectivity index (χ4v) is 5.13. The standard InChI is InChI=1S/C20H17N3O3S/c24-18(14-12-6-7-13(10-12)15(14)19(25)26)22-17-16(11-4-2-1-3-5-11)21-20-23(17)8-9-27-20/h1-9,12-15H,10H2,(H,22,24)(H,25,26)/t12-,13-,14-,15+/m0/s1. The Morgan fingerprint density at radius 1 is 1.15 bits per heavy atom. The van der Waals surface area contributed by atoms with E-state index < -0.39 is 17.8 Å². The van der Waals surface area contributed by atoms with Crippen molar-refractivity contribution in [1.29, 1.82) is 0 Å². The van der Waals surface area contributed by atoms with Crippen molar-refractivity contribution in [3.05, 3.63) is 54.1 Å². The molecule has 0 aliphatic heterocycles. The predicted octanol–water partition coefficient (Wildman–Crippen LogP) is 3.52. The zero-order valence-corrected chi connectivity index (χ0v) is 15.1.